The predicted molar refractivity (Wildman–Crippen MR) is 62.4 cm³/mol. The van der Waals surface area contributed by atoms with Gasteiger partial charge in [-0.2, -0.15) is 5.26 Å². The van der Waals surface area contributed by atoms with Crippen LogP contribution in [0.4, 0.5) is 0 Å². The first kappa shape index (κ1) is 12.5. The molecule has 1 aromatic carbocycles. The van der Waals surface area contributed by atoms with Gasteiger partial charge in [0, 0.05) is 0 Å². The van der Waals surface area contributed by atoms with Gasteiger partial charge in [-0.25, -0.2) is 0 Å². The second-order valence-electron chi connectivity index (χ2n) is 2.78. The second kappa shape index (κ2) is 6.13. The normalized spacial score (nSPS) is 9.38. The molecule has 0 bridgehead atoms. The number of ether oxygens (including phenoxy) is 3. The molecule has 86 valence electrons. The maximum Gasteiger partial charge on any atom is 0.204 e. The first-order valence-electron chi connectivity index (χ1n) is 4.57. The topological polar surface area (TPSA) is 51.5 Å². The molecule has 0 fully saturated rings. The van der Waals surface area contributed by atoms with Crippen LogP contribution in [0, 0.1) is 11.3 Å². The van der Waals surface area contributed by atoms with Crippen LogP contribution in [0.3, 0.4) is 0 Å². The molecule has 0 atom stereocenters. The lowest BCUT2D eigenvalue weighted by atomic mass is 10.3. The number of thioether (sulfide) groups is 1. The first-order valence-corrected chi connectivity index (χ1v) is 5.55. The van der Waals surface area contributed by atoms with E-state index in [2.05, 4.69) is 6.07 Å². The Labute approximate surface area is 99.1 Å². The van der Waals surface area contributed by atoms with Crippen LogP contribution in [0.15, 0.2) is 17.0 Å². The highest BCUT2D eigenvalue weighted by Gasteiger charge is 2.15. The van der Waals surface area contributed by atoms with Gasteiger partial charge in [-0.3, -0.25) is 0 Å². The Morgan fingerprint density at radius 2 is 1.81 bits per heavy atom. The lowest BCUT2D eigenvalue weighted by Crippen LogP contribution is -1.96. The summed E-state index contributed by atoms with van der Waals surface area (Å²) in [5, 5.41) is 8.55. The predicted octanol–water partition coefficient (Wildman–Crippen LogP) is 2.33. The number of hydrogen-bond acceptors (Lipinski definition) is 5. The summed E-state index contributed by atoms with van der Waals surface area (Å²) < 4.78 is 15.7. The number of rotatable bonds is 5. The Morgan fingerprint density at radius 3 is 2.31 bits per heavy atom. The maximum atomic E-state index is 8.55. The van der Waals surface area contributed by atoms with E-state index in [4.69, 9.17) is 19.5 Å². The second-order valence-corrected chi connectivity index (χ2v) is 3.80. The number of nitrogens with zero attached hydrogens (tertiary/aromatic N) is 1. The van der Waals surface area contributed by atoms with Crippen LogP contribution in [0.2, 0.25) is 0 Å². The quantitative estimate of drug-likeness (QED) is 0.738. The fourth-order valence-corrected chi connectivity index (χ4v) is 1.99. The zero-order valence-corrected chi connectivity index (χ0v) is 10.3. The van der Waals surface area contributed by atoms with Crippen LogP contribution < -0.4 is 14.2 Å². The van der Waals surface area contributed by atoms with E-state index in [9.17, 15) is 0 Å². The van der Waals surface area contributed by atoms with Crippen molar-refractivity contribution in [2.45, 2.75) is 4.90 Å². The molecule has 0 aromatic heterocycles. The van der Waals surface area contributed by atoms with Gasteiger partial charge >= 0.3 is 0 Å². The van der Waals surface area contributed by atoms with Gasteiger partial charge < -0.3 is 14.2 Å². The molecule has 0 unspecified atom stereocenters. The van der Waals surface area contributed by atoms with Crippen molar-refractivity contribution in [3.05, 3.63) is 12.1 Å². The molecule has 0 aliphatic heterocycles. The molecule has 1 aromatic rings. The SMILES string of the molecule is COc1ccc(SCC#N)c(OC)c1OC. The molecule has 16 heavy (non-hydrogen) atoms. The average Bonchev–Trinajstić information content (AvgIpc) is 2.34. The van der Waals surface area contributed by atoms with Crippen molar-refractivity contribution in [2.24, 2.45) is 0 Å². The molecule has 0 radical (unpaired) electrons. The molecule has 4 nitrogen and oxygen atoms in total. The van der Waals surface area contributed by atoms with Gasteiger partial charge in [-0.05, 0) is 12.1 Å². The molecule has 0 aliphatic rings. The number of hydrogen-bond donors (Lipinski definition) is 0. The smallest absolute Gasteiger partial charge is 0.204 e. The van der Waals surface area contributed by atoms with Crippen LogP contribution in [0.25, 0.3) is 0 Å². The molecule has 0 spiro atoms. The Kier molecular flexibility index (Phi) is 4.80. The number of benzene rings is 1. The van der Waals surface area contributed by atoms with E-state index in [0.29, 0.717) is 23.0 Å². The fourth-order valence-electron chi connectivity index (χ4n) is 1.30. The summed E-state index contributed by atoms with van der Waals surface area (Å²) in [6, 6.07) is 5.71. The maximum absolute atomic E-state index is 8.55. The highest BCUT2D eigenvalue weighted by atomic mass is 32.2. The van der Waals surface area contributed by atoms with Gasteiger partial charge in [0.15, 0.2) is 11.5 Å². The van der Waals surface area contributed by atoms with Crippen LogP contribution in [-0.2, 0) is 0 Å². The van der Waals surface area contributed by atoms with Gasteiger partial charge in [0.2, 0.25) is 5.75 Å². The number of methoxy groups -OCH3 is 3. The van der Waals surface area contributed by atoms with Gasteiger partial charge in [0.25, 0.3) is 0 Å². The van der Waals surface area contributed by atoms with Crippen molar-refractivity contribution >= 4 is 11.8 Å². The number of nitriles is 1. The van der Waals surface area contributed by atoms with E-state index in [1.165, 1.54) is 11.8 Å². The summed E-state index contributed by atoms with van der Waals surface area (Å²) in [7, 11) is 4.69. The van der Waals surface area contributed by atoms with Crippen LogP contribution >= 0.6 is 11.8 Å². The van der Waals surface area contributed by atoms with Crippen LogP contribution in [0.5, 0.6) is 17.2 Å². The first-order chi connectivity index (χ1) is 7.78. The lowest BCUT2D eigenvalue weighted by molar-refractivity contribution is 0.319. The fraction of sp³-hybridized carbons (Fsp3) is 0.364. The molecule has 0 aliphatic carbocycles. The highest BCUT2D eigenvalue weighted by Crippen LogP contribution is 2.43. The Bertz CT molecular complexity index is 401. The summed E-state index contributed by atoms with van der Waals surface area (Å²) in [6.45, 7) is 0. The molecular formula is C11H13NO3S. The van der Waals surface area contributed by atoms with Gasteiger partial charge in [0.05, 0.1) is 38.0 Å². The van der Waals surface area contributed by atoms with E-state index >= 15 is 0 Å². The van der Waals surface area contributed by atoms with E-state index in [1.54, 1.807) is 27.4 Å². The van der Waals surface area contributed by atoms with E-state index in [0.717, 1.165) is 4.90 Å². The summed E-state index contributed by atoms with van der Waals surface area (Å²) in [4.78, 5) is 0.863. The summed E-state index contributed by atoms with van der Waals surface area (Å²) in [6.07, 6.45) is 0. The molecule has 1 rings (SSSR count). The third-order valence-electron chi connectivity index (χ3n) is 1.96. The minimum atomic E-state index is 0.367. The summed E-state index contributed by atoms with van der Waals surface area (Å²) in [5.74, 6) is 2.13. The zero-order chi connectivity index (χ0) is 12.0. The van der Waals surface area contributed by atoms with Crippen molar-refractivity contribution in [1.29, 1.82) is 5.26 Å². The van der Waals surface area contributed by atoms with Crippen molar-refractivity contribution in [3.8, 4) is 23.3 Å². The summed E-state index contributed by atoms with van der Waals surface area (Å²) in [5.41, 5.74) is 0. The molecule has 0 heterocycles. The average molecular weight is 239 g/mol. The molecule has 0 saturated carbocycles. The summed E-state index contributed by atoms with van der Waals surface area (Å²) >= 11 is 1.40. The lowest BCUT2D eigenvalue weighted by Gasteiger charge is -2.14. The zero-order valence-electron chi connectivity index (χ0n) is 9.44. The monoisotopic (exact) mass is 239 g/mol. The van der Waals surface area contributed by atoms with Gasteiger partial charge in [-0.1, -0.05) is 0 Å². The van der Waals surface area contributed by atoms with Crippen molar-refractivity contribution in [2.75, 3.05) is 27.1 Å². The molecule has 0 N–H and O–H groups in total. The standard InChI is InChI=1S/C11H13NO3S/c1-13-8-4-5-9(16-7-6-12)11(15-3)10(8)14-2/h4-5H,7H2,1-3H3. The van der Waals surface area contributed by atoms with E-state index in [1.807, 2.05) is 6.07 Å². The third kappa shape index (κ3) is 2.52. The Morgan fingerprint density at radius 1 is 1.12 bits per heavy atom. The molecule has 5 heteroatoms. The van der Waals surface area contributed by atoms with Crippen molar-refractivity contribution < 1.29 is 14.2 Å². The highest BCUT2D eigenvalue weighted by molar-refractivity contribution is 7.99. The van der Waals surface area contributed by atoms with Gasteiger partial charge in [-0.15, -0.1) is 11.8 Å². The van der Waals surface area contributed by atoms with Crippen molar-refractivity contribution in [1.82, 2.24) is 0 Å². The van der Waals surface area contributed by atoms with Gasteiger partial charge in [0.1, 0.15) is 0 Å². The Hall–Kier alpha value is -1.54. The Balaban J connectivity index is 3.16. The molecule has 0 amide bonds. The van der Waals surface area contributed by atoms with Crippen LogP contribution in [-0.4, -0.2) is 27.1 Å². The van der Waals surface area contributed by atoms with E-state index < -0.39 is 0 Å². The molecular weight excluding hydrogens is 226 g/mol. The third-order valence-corrected chi connectivity index (χ3v) is 2.87. The molecule has 0 saturated heterocycles. The largest absolute Gasteiger partial charge is 0.493 e. The van der Waals surface area contributed by atoms with Crippen molar-refractivity contribution in [3.63, 3.8) is 0 Å². The van der Waals surface area contributed by atoms with E-state index in [-0.39, 0.29) is 0 Å². The van der Waals surface area contributed by atoms with Crippen LogP contribution in [0.1, 0.15) is 0 Å². The minimum absolute atomic E-state index is 0.367. The minimum Gasteiger partial charge on any atom is -0.493 e.